The molecule has 0 radical (unpaired) electrons. The Morgan fingerprint density at radius 2 is 1.61 bits per heavy atom. The number of fused-ring (bicyclic) bond motifs is 3. The number of hydrogen-bond acceptors (Lipinski definition) is 13. The summed E-state index contributed by atoms with van der Waals surface area (Å²) in [6.07, 6.45) is 6.12. The minimum absolute atomic E-state index is 0.0477. The minimum atomic E-state index is -2.56. The fourth-order valence-corrected chi connectivity index (χ4v) is 10.4. The lowest BCUT2D eigenvalue weighted by atomic mass is 9.78. The van der Waals surface area contributed by atoms with Crippen LogP contribution in [0.3, 0.4) is 0 Å². The number of aliphatic hydroxyl groups is 4. The third-order valence-electron chi connectivity index (χ3n) is 14.4. The van der Waals surface area contributed by atoms with Crippen LogP contribution in [0.5, 0.6) is 0 Å². The fourth-order valence-electron chi connectivity index (χ4n) is 10.4. The second-order valence-electron chi connectivity index (χ2n) is 19.5. The molecular formula is C51H73NO14. The van der Waals surface area contributed by atoms with Gasteiger partial charge in [-0.05, 0) is 113 Å². The molecule has 0 aromatic heterocycles. The number of hydrogen-bond donors (Lipinski definition) is 5. The first kappa shape index (κ1) is 52.9. The van der Waals surface area contributed by atoms with E-state index in [4.69, 9.17) is 18.9 Å². The van der Waals surface area contributed by atoms with Crippen molar-refractivity contribution in [2.45, 2.75) is 154 Å². The van der Waals surface area contributed by atoms with Crippen LogP contribution < -0.4 is 0 Å². The summed E-state index contributed by atoms with van der Waals surface area (Å²) in [4.78, 5) is 70.1. The van der Waals surface area contributed by atoms with Crippen LogP contribution in [0.4, 0.5) is 0 Å². The molecule has 14 atom stereocenters. The van der Waals surface area contributed by atoms with E-state index in [1.807, 2.05) is 38.2 Å². The minimum Gasteiger partial charge on any atom is -0.478 e. The van der Waals surface area contributed by atoms with Crippen molar-refractivity contribution in [3.63, 3.8) is 0 Å². The van der Waals surface area contributed by atoms with Crippen molar-refractivity contribution < 1.29 is 68.5 Å². The van der Waals surface area contributed by atoms with Gasteiger partial charge >= 0.3 is 11.9 Å². The van der Waals surface area contributed by atoms with Gasteiger partial charge in [0.25, 0.3) is 11.7 Å². The van der Waals surface area contributed by atoms with E-state index in [0.717, 1.165) is 16.0 Å². The molecule has 15 heteroatoms. The normalized spacial score (nSPS) is 37.1. The highest BCUT2D eigenvalue weighted by Gasteiger charge is 2.56. The summed E-state index contributed by atoms with van der Waals surface area (Å²) in [6.45, 7) is 8.87. The van der Waals surface area contributed by atoms with Gasteiger partial charge in [0.2, 0.25) is 5.79 Å². The predicted molar refractivity (Wildman–Crippen MR) is 245 cm³/mol. The summed E-state index contributed by atoms with van der Waals surface area (Å²) in [7, 11) is 3.01. The van der Waals surface area contributed by atoms with E-state index in [9.17, 15) is 49.5 Å². The van der Waals surface area contributed by atoms with Crippen molar-refractivity contribution in [3.05, 3.63) is 64.8 Å². The molecule has 366 valence electrons. The largest absolute Gasteiger partial charge is 0.478 e. The van der Waals surface area contributed by atoms with Gasteiger partial charge < -0.3 is 49.4 Å². The van der Waals surface area contributed by atoms with E-state index in [-0.39, 0.29) is 67.9 Å². The molecule has 3 fully saturated rings. The lowest BCUT2D eigenvalue weighted by Gasteiger charge is -2.47. The Bertz CT molecular complexity index is 1940. The van der Waals surface area contributed by atoms with Crippen molar-refractivity contribution in [2.24, 2.45) is 35.5 Å². The van der Waals surface area contributed by atoms with Gasteiger partial charge in [0.05, 0.1) is 30.0 Å². The van der Waals surface area contributed by atoms with E-state index in [1.165, 1.54) is 26.4 Å². The highest BCUT2D eigenvalue weighted by molar-refractivity contribution is 6.39. The standard InChI is InChI=1S/C51H73NO14/c1-29-21-30(2)23-43(63-6)46-44(64-7)25-32(4)51(62,66-46)47(57)48(58)52-20-9-8-13-39(52)50(61)65-45(31(3)24-35-16-19-40(54)38(26-35)28-53)33(5)41(55)27-42(56)37(22-29)12-10-11-34-14-17-36(18-15-34)49(59)60/h10-11,14-15,17-18,22,24,30,32-33,35,37-41,43-46,53-55,62H,8-9,12-13,16,19-21,23,25-28H2,1-7H3,(H,59,60)/b11-10+,29-22+,31-24+/t30-,32+,33+,35-,37?,38-,39?,40+,41-,43-,44-,45+,46+,51+/m0/s1. The summed E-state index contributed by atoms with van der Waals surface area (Å²) in [5.41, 5.74) is 2.38. The van der Waals surface area contributed by atoms with E-state index in [2.05, 4.69) is 0 Å². The highest BCUT2D eigenvalue weighted by atomic mass is 16.7. The molecule has 2 unspecified atom stereocenters. The first-order chi connectivity index (χ1) is 31.3. The zero-order valence-electron chi connectivity index (χ0n) is 39.7. The van der Waals surface area contributed by atoms with Gasteiger partial charge in [0, 0.05) is 57.5 Å². The van der Waals surface area contributed by atoms with Gasteiger partial charge in [-0.15, -0.1) is 0 Å². The number of Topliss-reactive ketones (excluding diaryl/α,β-unsaturated/α-hetero) is 2. The van der Waals surface area contributed by atoms with Gasteiger partial charge in [-0.3, -0.25) is 14.4 Å². The van der Waals surface area contributed by atoms with Crippen molar-refractivity contribution >= 4 is 35.5 Å². The number of carboxylic acids is 1. The third kappa shape index (κ3) is 12.9. The molecule has 0 spiro atoms. The van der Waals surface area contributed by atoms with Crippen LogP contribution in [0.25, 0.3) is 6.08 Å². The zero-order valence-corrected chi connectivity index (χ0v) is 39.7. The SMILES string of the molecule is CO[C@H]1C[C@@H](C)C/C(C)=C/C(C/C=C/c2ccc(C(=O)O)cc2)C(=O)C[C@H](O)[C@@H](C)[C@@H](/C(C)=C/[C@@H]2CC[C@@H](O)[C@H](CO)C2)OC(=O)C2CCCCN2C(=O)C(=O)[C@]2(O)O[C@H]1[C@@H](OC)C[C@H]2C. The molecule has 1 saturated carbocycles. The zero-order chi connectivity index (χ0) is 48.5. The molecule has 15 nitrogen and oxygen atoms in total. The lowest BCUT2D eigenvalue weighted by molar-refractivity contribution is -0.302. The summed E-state index contributed by atoms with van der Waals surface area (Å²) >= 11 is 0. The Morgan fingerprint density at radius 3 is 2.26 bits per heavy atom. The average Bonchev–Trinajstić information content (AvgIpc) is 3.29. The number of benzene rings is 1. The Hall–Kier alpha value is -4.09. The van der Waals surface area contributed by atoms with Gasteiger partial charge in [-0.25, -0.2) is 9.59 Å². The molecular weight excluding hydrogens is 851 g/mol. The maximum Gasteiger partial charge on any atom is 0.335 e. The van der Waals surface area contributed by atoms with Crippen LogP contribution in [0, 0.1) is 35.5 Å². The maximum atomic E-state index is 14.5. The van der Waals surface area contributed by atoms with Gasteiger partial charge in [-0.1, -0.05) is 62.8 Å². The molecule has 1 aromatic rings. The first-order valence-electron chi connectivity index (χ1n) is 23.7. The molecule has 66 heavy (non-hydrogen) atoms. The number of ether oxygens (including phenoxy) is 4. The molecule has 5 rings (SSSR count). The summed E-state index contributed by atoms with van der Waals surface area (Å²) < 4.78 is 24.4. The molecule has 2 saturated heterocycles. The second kappa shape index (κ2) is 23.8. The number of aliphatic hydroxyl groups excluding tert-OH is 3. The average molecular weight is 924 g/mol. The summed E-state index contributed by atoms with van der Waals surface area (Å²) in [5.74, 6) is -9.79. The van der Waals surface area contributed by atoms with E-state index in [1.54, 1.807) is 32.9 Å². The Kier molecular flexibility index (Phi) is 19.0. The van der Waals surface area contributed by atoms with Crippen LogP contribution >= 0.6 is 0 Å². The summed E-state index contributed by atoms with van der Waals surface area (Å²) in [5, 5.41) is 53.9. The van der Waals surface area contributed by atoms with Crippen LogP contribution in [0.1, 0.15) is 121 Å². The number of esters is 1. The first-order valence-corrected chi connectivity index (χ1v) is 23.7. The van der Waals surface area contributed by atoms with Crippen LogP contribution in [-0.4, -0.2) is 136 Å². The molecule has 3 heterocycles. The predicted octanol–water partition coefficient (Wildman–Crippen LogP) is 5.46. The Morgan fingerprint density at radius 1 is 0.924 bits per heavy atom. The number of aromatic carboxylic acids is 1. The topological polar surface area (TPSA) is 227 Å². The number of carbonyl (C=O) groups is 5. The maximum absolute atomic E-state index is 14.5. The number of cyclic esters (lactones) is 1. The van der Waals surface area contributed by atoms with Gasteiger partial charge in [-0.2, -0.15) is 0 Å². The van der Waals surface area contributed by atoms with E-state index < -0.39 is 89.8 Å². The van der Waals surface area contributed by atoms with Crippen molar-refractivity contribution in [2.75, 3.05) is 27.4 Å². The number of carbonyl (C=O) groups excluding carboxylic acids is 4. The highest BCUT2D eigenvalue weighted by Crippen LogP contribution is 2.39. The molecule has 5 N–H and O–H groups in total. The number of amides is 1. The molecule has 1 aliphatic carbocycles. The van der Waals surface area contributed by atoms with Crippen molar-refractivity contribution in [1.82, 2.24) is 4.90 Å². The molecule has 1 aromatic carbocycles. The quantitative estimate of drug-likeness (QED) is 0.118. The number of ketones is 2. The van der Waals surface area contributed by atoms with Crippen molar-refractivity contribution in [1.29, 1.82) is 0 Å². The lowest BCUT2D eigenvalue weighted by Crippen LogP contribution is -2.64. The van der Waals surface area contributed by atoms with Crippen LogP contribution in [0.2, 0.25) is 0 Å². The molecule has 1 amide bonds. The number of rotatable bonds is 9. The number of allylic oxidation sites excluding steroid dienone is 4. The monoisotopic (exact) mass is 924 g/mol. The summed E-state index contributed by atoms with van der Waals surface area (Å²) in [6, 6.07) is 5.17. The molecule has 4 aliphatic rings. The van der Waals surface area contributed by atoms with E-state index in [0.29, 0.717) is 50.5 Å². The Labute approximate surface area is 389 Å². The third-order valence-corrected chi connectivity index (χ3v) is 14.4. The van der Waals surface area contributed by atoms with Crippen molar-refractivity contribution in [3.8, 4) is 0 Å². The van der Waals surface area contributed by atoms with Gasteiger partial charge in [0.15, 0.2) is 0 Å². The van der Waals surface area contributed by atoms with Crippen LogP contribution in [-0.2, 0) is 38.1 Å². The van der Waals surface area contributed by atoms with E-state index >= 15 is 0 Å². The second-order valence-corrected chi connectivity index (χ2v) is 19.5. The number of piperidine rings is 1. The fraction of sp³-hybridized carbons (Fsp3) is 0.667. The smallest absolute Gasteiger partial charge is 0.335 e. The number of carboxylic acid groups (broad SMARTS) is 1. The molecule has 2 bridgehead atoms. The van der Waals surface area contributed by atoms with Crippen LogP contribution in [0.15, 0.2) is 53.6 Å². The molecule has 3 aliphatic heterocycles. The Balaban J connectivity index is 1.55. The van der Waals surface area contributed by atoms with Gasteiger partial charge in [0.1, 0.15) is 24.0 Å². The number of methoxy groups -OCH3 is 2. The number of nitrogens with zero attached hydrogens (tertiary/aromatic N) is 1.